The number of H-pyrrole nitrogens is 1. The topological polar surface area (TPSA) is 49.9 Å². The van der Waals surface area contributed by atoms with Gasteiger partial charge in [-0.15, -0.1) is 0 Å². The fourth-order valence-corrected chi connectivity index (χ4v) is 1.58. The van der Waals surface area contributed by atoms with E-state index in [1.807, 2.05) is 0 Å². The van der Waals surface area contributed by atoms with E-state index in [9.17, 15) is 18.4 Å². The maximum atomic E-state index is 13.4. The van der Waals surface area contributed by atoms with Crippen molar-refractivity contribution < 1.29 is 13.6 Å². The molecule has 5 heteroatoms. The lowest BCUT2D eigenvalue weighted by molar-refractivity contribution is 0.101. The minimum Gasteiger partial charge on any atom is -0.328 e. The summed E-state index contributed by atoms with van der Waals surface area (Å²) in [7, 11) is 0. The Morgan fingerprint density at radius 1 is 1.31 bits per heavy atom. The van der Waals surface area contributed by atoms with Gasteiger partial charge < -0.3 is 4.98 Å². The zero-order valence-electron chi connectivity index (χ0n) is 8.30. The Bertz CT molecular complexity index is 646. The van der Waals surface area contributed by atoms with Gasteiger partial charge in [0, 0.05) is 17.1 Å². The van der Waals surface area contributed by atoms with Gasteiger partial charge in [-0.3, -0.25) is 9.59 Å². The van der Waals surface area contributed by atoms with Crippen molar-refractivity contribution in [3.8, 4) is 0 Å². The molecule has 1 N–H and O–H groups in total. The molecule has 0 spiro atoms. The number of hydrogen-bond donors (Lipinski definition) is 1. The summed E-state index contributed by atoms with van der Waals surface area (Å²) in [6.07, 6.45) is 1.20. The number of hydrogen-bond acceptors (Lipinski definition) is 2. The van der Waals surface area contributed by atoms with Crippen LogP contribution in [0.5, 0.6) is 0 Å². The highest BCUT2D eigenvalue weighted by atomic mass is 19.2. The van der Waals surface area contributed by atoms with Crippen molar-refractivity contribution >= 4 is 16.6 Å². The van der Waals surface area contributed by atoms with Gasteiger partial charge in [-0.1, -0.05) is 6.07 Å². The molecule has 16 heavy (non-hydrogen) atoms. The molecule has 2 rings (SSSR count). The predicted molar refractivity (Wildman–Crippen MR) is 54.5 cm³/mol. The number of carbonyl (C=O) groups is 1. The fraction of sp³-hybridized carbons (Fsp3) is 0.0909. The summed E-state index contributed by atoms with van der Waals surface area (Å²) in [5.74, 6) is -2.67. The van der Waals surface area contributed by atoms with Crippen LogP contribution in [-0.2, 0) is 0 Å². The van der Waals surface area contributed by atoms with E-state index in [4.69, 9.17) is 0 Å². The summed E-state index contributed by atoms with van der Waals surface area (Å²) in [6.45, 7) is 1.29. The van der Waals surface area contributed by atoms with E-state index in [1.54, 1.807) is 0 Å². The van der Waals surface area contributed by atoms with Gasteiger partial charge in [-0.05, 0) is 13.0 Å². The van der Waals surface area contributed by atoms with Crippen LogP contribution in [0.15, 0.2) is 23.1 Å². The van der Waals surface area contributed by atoms with Gasteiger partial charge in [-0.2, -0.15) is 0 Å². The van der Waals surface area contributed by atoms with Crippen LogP contribution in [0.2, 0.25) is 0 Å². The summed E-state index contributed by atoms with van der Waals surface area (Å²) in [5, 5.41) is -0.303. The molecule has 0 radical (unpaired) electrons. The van der Waals surface area contributed by atoms with E-state index < -0.39 is 22.6 Å². The van der Waals surface area contributed by atoms with E-state index >= 15 is 0 Å². The molecule has 2 aromatic rings. The zero-order chi connectivity index (χ0) is 11.9. The van der Waals surface area contributed by atoms with E-state index in [1.165, 1.54) is 19.2 Å². The number of benzene rings is 1. The molecule has 0 bridgehead atoms. The number of aromatic nitrogens is 1. The Morgan fingerprint density at radius 2 is 2.00 bits per heavy atom. The van der Waals surface area contributed by atoms with Gasteiger partial charge in [0.2, 0.25) is 0 Å². The Kier molecular flexibility index (Phi) is 2.30. The Balaban J connectivity index is 3.03. The largest absolute Gasteiger partial charge is 0.328 e. The normalized spacial score (nSPS) is 10.7. The SMILES string of the molecule is CC(=O)c1c[nH]c(=O)c2c(F)c(F)ccc12. The van der Waals surface area contributed by atoms with Crippen molar-refractivity contribution in [3.63, 3.8) is 0 Å². The number of aromatic amines is 1. The first-order valence-electron chi connectivity index (χ1n) is 4.52. The first-order valence-corrected chi connectivity index (χ1v) is 4.52. The number of nitrogens with one attached hydrogen (secondary N) is 1. The molecule has 1 heterocycles. The van der Waals surface area contributed by atoms with Crippen LogP contribution < -0.4 is 5.56 Å². The second-order valence-electron chi connectivity index (χ2n) is 3.37. The molecule has 3 nitrogen and oxygen atoms in total. The molecule has 0 aliphatic rings. The maximum Gasteiger partial charge on any atom is 0.258 e. The number of Topliss-reactive ketones (excluding diaryl/α,β-unsaturated/α-hetero) is 1. The molecule has 0 amide bonds. The second kappa shape index (κ2) is 3.52. The van der Waals surface area contributed by atoms with Gasteiger partial charge in [0.25, 0.3) is 5.56 Å². The zero-order valence-corrected chi connectivity index (χ0v) is 8.30. The average molecular weight is 223 g/mol. The third-order valence-electron chi connectivity index (χ3n) is 2.34. The lowest BCUT2D eigenvalue weighted by Gasteiger charge is -2.03. The Hall–Kier alpha value is -2.04. The molecular formula is C11H7F2NO2. The predicted octanol–water partition coefficient (Wildman–Crippen LogP) is 2.01. The van der Waals surface area contributed by atoms with Crippen molar-refractivity contribution in [1.29, 1.82) is 0 Å². The van der Waals surface area contributed by atoms with Gasteiger partial charge in [0.1, 0.15) is 0 Å². The number of ketones is 1. The highest BCUT2D eigenvalue weighted by Gasteiger charge is 2.14. The lowest BCUT2D eigenvalue weighted by Crippen LogP contribution is -2.11. The van der Waals surface area contributed by atoms with Gasteiger partial charge >= 0.3 is 0 Å². The second-order valence-corrected chi connectivity index (χ2v) is 3.37. The number of rotatable bonds is 1. The molecule has 0 unspecified atom stereocenters. The first kappa shape index (κ1) is 10.5. The molecular weight excluding hydrogens is 216 g/mol. The van der Waals surface area contributed by atoms with Crippen molar-refractivity contribution in [3.05, 3.63) is 45.9 Å². The van der Waals surface area contributed by atoms with Crippen molar-refractivity contribution in [2.75, 3.05) is 0 Å². The Labute approximate surface area is 88.7 Å². The van der Waals surface area contributed by atoms with Crippen molar-refractivity contribution in [1.82, 2.24) is 4.98 Å². The summed E-state index contributed by atoms with van der Waals surface area (Å²) in [5.41, 5.74) is -0.592. The lowest BCUT2D eigenvalue weighted by atomic mass is 10.0. The average Bonchev–Trinajstić information content (AvgIpc) is 2.23. The number of fused-ring (bicyclic) bond motifs is 1. The van der Waals surface area contributed by atoms with Crippen LogP contribution in [0.1, 0.15) is 17.3 Å². The van der Waals surface area contributed by atoms with E-state index in [2.05, 4.69) is 4.98 Å². The quantitative estimate of drug-likeness (QED) is 0.752. The molecule has 0 aliphatic carbocycles. The van der Waals surface area contributed by atoms with E-state index in [0.717, 1.165) is 6.07 Å². The Morgan fingerprint density at radius 3 is 2.62 bits per heavy atom. The maximum absolute atomic E-state index is 13.4. The van der Waals surface area contributed by atoms with Gasteiger partial charge in [-0.25, -0.2) is 8.78 Å². The molecule has 1 aromatic carbocycles. The van der Waals surface area contributed by atoms with Crippen LogP contribution in [0.25, 0.3) is 10.8 Å². The summed E-state index contributed by atoms with van der Waals surface area (Å²) < 4.78 is 26.3. The standard InChI is InChI=1S/C11H7F2NO2/c1-5(15)7-4-14-11(16)9-6(7)2-3-8(12)10(9)13/h2-4H,1H3,(H,14,16). The summed E-state index contributed by atoms with van der Waals surface area (Å²) in [6, 6.07) is 2.11. The first-order chi connectivity index (χ1) is 7.52. The summed E-state index contributed by atoms with van der Waals surface area (Å²) >= 11 is 0. The van der Waals surface area contributed by atoms with Gasteiger partial charge in [0.05, 0.1) is 5.39 Å². The van der Waals surface area contributed by atoms with Crippen LogP contribution in [0.4, 0.5) is 8.78 Å². The molecule has 82 valence electrons. The number of pyridine rings is 1. The van der Waals surface area contributed by atoms with Crippen LogP contribution in [-0.4, -0.2) is 10.8 Å². The molecule has 1 aromatic heterocycles. The molecule has 0 fully saturated rings. The minimum absolute atomic E-state index is 0.121. The third kappa shape index (κ3) is 1.41. The molecule has 0 saturated heterocycles. The van der Waals surface area contributed by atoms with Crippen molar-refractivity contribution in [2.24, 2.45) is 0 Å². The highest BCUT2D eigenvalue weighted by molar-refractivity contribution is 6.06. The highest BCUT2D eigenvalue weighted by Crippen LogP contribution is 2.20. The van der Waals surface area contributed by atoms with E-state index in [0.29, 0.717) is 0 Å². The smallest absolute Gasteiger partial charge is 0.258 e. The molecule has 0 atom stereocenters. The molecule has 0 saturated carbocycles. The monoisotopic (exact) mass is 223 g/mol. The fourth-order valence-electron chi connectivity index (χ4n) is 1.58. The van der Waals surface area contributed by atoms with Gasteiger partial charge in [0.15, 0.2) is 17.4 Å². The van der Waals surface area contributed by atoms with E-state index in [-0.39, 0.29) is 16.7 Å². The van der Waals surface area contributed by atoms with Crippen LogP contribution >= 0.6 is 0 Å². The van der Waals surface area contributed by atoms with Crippen molar-refractivity contribution in [2.45, 2.75) is 6.92 Å². The number of halogens is 2. The third-order valence-corrected chi connectivity index (χ3v) is 2.34. The van der Waals surface area contributed by atoms with Crippen LogP contribution in [0, 0.1) is 11.6 Å². The van der Waals surface area contributed by atoms with Crippen LogP contribution in [0.3, 0.4) is 0 Å². The summed E-state index contributed by atoms with van der Waals surface area (Å²) in [4.78, 5) is 24.8. The minimum atomic E-state index is -1.23. The molecule has 0 aliphatic heterocycles. The number of carbonyl (C=O) groups excluding carboxylic acids is 1.